The number of aromatic amines is 1. The van der Waals surface area contributed by atoms with Crippen molar-refractivity contribution in [3.8, 4) is 0 Å². The van der Waals surface area contributed by atoms with E-state index < -0.39 is 23.4 Å². The van der Waals surface area contributed by atoms with E-state index >= 15 is 0 Å². The summed E-state index contributed by atoms with van der Waals surface area (Å²) >= 11 is 0. The third-order valence-electron chi connectivity index (χ3n) is 5.42. The molecule has 0 radical (unpaired) electrons. The normalized spacial score (nSPS) is 16.9. The van der Waals surface area contributed by atoms with Gasteiger partial charge in [-0.1, -0.05) is 24.3 Å². The van der Waals surface area contributed by atoms with Crippen LogP contribution in [0.25, 0.3) is 10.9 Å². The van der Waals surface area contributed by atoms with Gasteiger partial charge >= 0.3 is 0 Å². The van der Waals surface area contributed by atoms with Gasteiger partial charge in [0, 0.05) is 17.5 Å². The molecule has 1 aromatic heterocycles. The predicted molar refractivity (Wildman–Crippen MR) is 108 cm³/mol. The van der Waals surface area contributed by atoms with Gasteiger partial charge in [-0.25, -0.2) is 17.2 Å². The summed E-state index contributed by atoms with van der Waals surface area (Å²) in [7, 11) is -3.41. The first-order valence-corrected chi connectivity index (χ1v) is 11.1. The standard InChI is InChI=1S/C21H22F2N2O2S/c1-28(26,27)25-19-7-3-6-17-18(12-24-21(17)19)16-5-2-4-14-8-13(10-22)9-15(11-23)20(14)16/h3,6-9,12,16,24-25H,2,4-5,10-11H2,1H3. The van der Waals surface area contributed by atoms with Gasteiger partial charge in [0.15, 0.2) is 0 Å². The number of H-pyrrole nitrogens is 1. The molecule has 0 fully saturated rings. The quantitative estimate of drug-likeness (QED) is 0.632. The third kappa shape index (κ3) is 3.39. The Kier molecular flexibility index (Phi) is 4.87. The molecule has 0 amide bonds. The Labute approximate surface area is 163 Å². The Balaban J connectivity index is 1.86. The van der Waals surface area contributed by atoms with Crippen LogP contribution in [-0.4, -0.2) is 19.7 Å². The number of benzene rings is 2. The van der Waals surface area contributed by atoms with Gasteiger partial charge in [-0.2, -0.15) is 0 Å². The van der Waals surface area contributed by atoms with E-state index in [2.05, 4.69) is 9.71 Å². The molecule has 3 aromatic rings. The minimum atomic E-state index is -3.41. The van der Waals surface area contributed by atoms with Gasteiger partial charge < -0.3 is 4.98 Å². The van der Waals surface area contributed by atoms with Crippen molar-refractivity contribution in [2.45, 2.75) is 38.5 Å². The molecule has 0 aliphatic heterocycles. The second kappa shape index (κ2) is 7.20. The Morgan fingerprint density at radius 3 is 2.75 bits per heavy atom. The van der Waals surface area contributed by atoms with Crippen LogP contribution in [0.2, 0.25) is 0 Å². The van der Waals surface area contributed by atoms with Crippen molar-refractivity contribution in [2.75, 3.05) is 11.0 Å². The van der Waals surface area contributed by atoms with Gasteiger partial charge in [-0.3, -0.25) is 4.72 Å². The number of nitrogens with one attached hydrogen (secondary N) is 2. The highest BCUT2D eigenvalue weighted by Gasteiger charge is 2.27. The zero-order chi connectivity index (χ0) is 19.9. The smallest absolute Gasteiger partial charge is 0.229 e. The number of halogens is 2. The number of aromatic nitrogens is 1. The Morgan fingerprint density at radius 2 is 2.04 bits per heavy atom. The Hall–Kier alpha value is -2.41. The maximum absolute atomic E-state index is 13.8. The van der Waals surface area contributed by atoms with E-state index in [1.54, 1.807) is 18.2 Å². The number of fused-ring (bicyclic) bond motifs is 2. The highest BCUT2D eigenvalue weighted by atomic mass is 32.2. The number of anilines is 1. The van der Waals surface area contributed by atoms with Crippen molar-refractivity contribution in [1.82, 2.24) is 4.98 Å². The van der Waals surface area contributed by atoms with Crippen LogP contribution >= 0.6 is 0 Å². The fraction of sp³-hybridized carbons (Fsp3) is 0.333. The number of sulfonamides is 1. The monoisotopic (exact) mass is 404 g/mol. The van der Waals surface area contributed by atoms with Gasteiger partial charge in [0.2, 0.25) is 10.0 Å². The molecule has 148 valence electrons. The minimum Gasteiger partial charge on any atom is -0.359 e. The molecule has 1 unspecified atom stereocenters. The van der Waals surface area contributed by atoms with Crippen LogP contribution in [-0.2, 0) is 29.8 Å². The largest absolute Gasteiger partial charge is 0.359 e. The Bertz CT molecular complexity index is 1120. The van der Waals surface area contributed by atoms with Crippen LogP contribution < -0.4 is 4.72 Å². The molecule has 4 rings (SSSR count). The van der Waals surface area contributed by atoms with Crippen molar-refractivity contribution in [1.29, 1.82) is 0 Å². The SMILES string of the molecule is CS(=O)(=O)Nc1cccc2c(C3CCCc4cc(CF)cc(CF)c43)c[nH]c12. The third-order valence-corrected chi connectivity index (χ3v) is 6.01. The van der Waals surface area contributed by atoms with Crippen LogP contribution in [0.1, 0.15) is 46.6 Å². The second-order valence-electron chi connectivity index (χ2n) is 7.39. The van der Waals surface area contributed by atoms with Gasteiger partial charge in [-0.05, 0) is 53.1 Å². The molecule has 4 nitrogen and oxygen atoms in total. The summed E-state index contributed by atoms with van der Waals surface area (Å²) < 4.78 is 52.9. The summed E-state index contributed by atoms with van der Waals surface area (Å²) in [6.45, 7) is -1.23. The number of aryl methyl sites for hydroxylation is 1. The number of rotatable bonds is 5. The van der Waals surface area contributed by atoms with E-state index in [0.29, 0.717) is 22.3 Å². The zero-order valence-electron chi connectivity index (χ0n) is 15.6. The van der Waals surface area contributed by atoms with Crippen LogP contribution in [0, 0.1) is 0 Å². The molecule has 0 saturated heterocycles. The molecular formula is C21H22F2N2O2S. The van der Waals surface area contributed by atoms with E-state index in [0.717, 1.165) is 47.6 Å². The van der Waals surface area contributed by atoms with Gasteiger partial charge in [0.25, 0.3) is 0 Å². The van der Waals surface area contributed by atoms with Crippen molar-refractivity contribution < 1.29 is 17.2 Å². The number of hydrogen-bond acceptors (Lipinski definition) is 2. The summed E-state index contributed by atoms with van der Waals surface area (Å²) in [4.78, 5) is 3.19. The predicted octanol–water partition coefficient (Wildman–Crippen LogP) is 4.95. The first-order chi connectivity index (χ1) is 13.4. The van der Waals surface area contributed by atoms with Crippen LogP contribution in [0.4, 0.5) is 14.5 Å². The molecule has 0 saturated carbocycles. The van der Waals surface area contributed by atoms with E-state index in [-0.39, 0.29) is 5.92 Å². The van der Waals surface area contributed by atoms with Gasteiger partial charge in [0.05, 0.1) is 17.5 Å². The van der Waals surface area contributed by atoms with Crippen molar-refractivity contribution in [3.63, 3.8) is 0 Å². The van der Waals surface area contributed by atoms with Gasteiger partial charge in [0.1, 0.15) is 13.3 Å². The van der Waals surface area contributed by atoms with E-state index in [1.165, 1.54) is 0 Å². The highest BCUT2D eigenvalue weighted by Crippen LogP contribution is 2.43. The van der Waals surface area contributed by atoms with E-state index in [4.69, 9.17) is 0 Å². The average Bonchev–Trinajstić information content (AvgIpc) is 3.10. The first-order valence-electron chi connectivity index (χ1n) is 9.25. The molecular weight excluding hydrogens is 382 g/mol. The van der Waals surface area contributed by atoms with E-state index in [1.807, 2.05) is 18.3 Å². The molecule has 2 N–H and O–H groups in total. The fourth-order valence-corrected chi connectivity index (χ4v) is 4.96. The lowest BCUT2D eigenvalue weighted by Crippen LogP contribution is -2.14. The van der Waals surface area contributed by atoms with Gasteiger partial charge in [-0.15, -0.1) is 0 Å². The summed E-state index contributed by atoms with van der Waals surface area (Å²) in [5.74, 6) is -0.00889. The second-order valence-corrected chi connectivity index (χ2v) is 9.13. The maximum atomic E-state index is 13.8. The topological polar surface area (TPSA) is 62.0 Å². The maximum Gasteiger partial charge on any atom is 0.229 e. The molecule has 2 aromatic carbocycles. The number of para-hydroxylation sites is 1. The van der Waals surface area contributed by atoms with Crippen molar-refractivity contribution in [2.24, 2.45) is 0 Å². The Morgan fingerprint density at radius 1 is 1.21 bits per heavy atom. The average molecular weight is 404 g/mol. The summed E-state index contributed by atoms with van der Waals surface area (Å²) in [5, 5.41) is 0.908. The molecule has 1 aliphatic carbocycles. The molecule has 0 bridgehead atoms. The van der Waals surface area contributed by atoms with E-state index in [9.17, 15) is 17.2 Å². The lowest BCUT2D eigenvalue weighted by atomic mass is 9.76. The van der Waals surface area contributed by atoms with Crippen molar-refractivity contribution in [3.05, 3.63) is 64.3 Å². The molecule has 1 atom stereocenters. The molecule has 1 heterocycles. The molecule has 1 aliphatic rings. The molecule has 0 spiro atoms. The number of hydrogen-bond donors (Lipinski definition) is 2. The zero-order valence-corrected chi connectivity index (χ0v) is 16.4. The summed E-state index contributed by atoms with van der Waals surface area (Å²) in [5.41, 5.74) is 5.24. The molecule has 28 heavy (non-hydrogen) atoms. The first kappa shape index (κ1) is 18.9. The lowest BCUT2D eigenvalue weighted by Gasteiger charge is -2.28. The van der Waals surface area contributed by atoms with Crippen LogP contribution in [0.5, 0.6) is 0 Å². The van der Waals surface area contributed by atoms with Crippen molar-refractivity contribution >= 4 is 26.6 Å². The number of alkyl halides is 2. The fourth-order valence-electron chi connectivity index (χ4n) is 4.39. The summed E-state index contributed by atoms with van der Waals surface area (Å²) in [6, 6.07) is 8.93. The lowest BCUT2D eigenvalue weighted by molar-refractivity contribution is 0.466. The summed E-state index contributed by atoms with van der Waals surface area (Å²) in [6.07, 6.45) is 5.61. The minimum absolute atomic E-state index is 0.00889. The highest BCUT2D eigenvalue weighted by molar-refractivity contribution is 7.92. The molecule has 7 heteroatoms. The van der Waals surface area contributed by atoms with Crippen LogP contribution in [0.3, 0.4) is 0 Å². The van der Waals surface area contributed by atoms with Crippen LogP contribution in [0.15, 0.2) is 36.5 Å².